The Morgan fingerprint density at radius 1 is 0.862 bits per heavy atom. The first kappa shape index (κ1) is 19.9. The van der Waals surface area contributed by atoms with Crippen molar-refractivity contribution in [1.29, 1.82) is 0 Å². The van der Waals surface area contributed by atoms with Crippen LogP contribution in [0.2, 0.25) is 0 Å². The summed E-state index contributed by atoms with van der Waals surface area (Å²) in [7, 11) is 0. The van der Waals surface area contributed by atoms with Crippen molar-refractivity contribution in [3.05, 3.63) is 29.8 Å². The topological polar surface area (TPSA) is 9.72 Å². The van der Waals surface area contributed by atoms with Gasteiger partial charge in [0, 0.05) is 49.9 Å². The minimum atomic E-state index is 0.718. The summed E-state index contributed by atoms with van der Waals surface area (Å²) in [6.45, 7) is 12.6. The van der Waals surface area contributed by atoms with Gasteiger partial charge in [0.1, 0.15) is 0 Å². The van der Waals surface area contributed by atoms with Crippen molar-refractivity contribution in [2.24, 2.45) is 11.8 Å². The summed E-state index contributed by atoms with van der Waals surface area (Å²) >= 11 is 0. The Balaban J connectivity index is 1.18. The Morgan fingerprint density at radius 2 is 1.59 bits per heavy atom. The van der Waals surface area contributed by atoms with E-state index in [2.05, 4.69) is 52.8 Å². The molecule has 3 heteroatoms. The molecule has 0 N–H and O–H groups in total. The van der Waals surface area contributed by atoms with Crippen molar-refractivity contribution in [3.8, 4) is 0 Å². The average molecular weight is 396 g/mol. The molecule has 29 heavy (non-hydrogen) atoms. The lowest BCUT2D eigenvalue weighted by molar-refractivity contribution is 0.0975. The Kier molecular flexibility index (Phi) is 5.89. The molecule has 0 amide bonds. The summed E-state index contributed by atoms with van der Waals surface area (Å²) < 4.78 is 0. The van der Waals surface area contributed by atoms with Gasteiger partial charge >= 0.3 is 0 Å². The Labute approximate surface area is 178 Å². The van der Waals surface area contributed by atoms with Crippen LogP contribution in [0.5, 0.6) is 0 Å². The van der Waals surface area contributed by atoms with Crippen LogP contribution in [0.1, 0.15) is 70.3 Å². The van der Waals surface area contributed by atoms with Gasteiger partial charge in [0.05, 0.1) is 0 Å². The van der Waals surface area contributed by atoms with E-state index < -0.39 is 0 Å². The highest BCUT2D eigenvalue weighted by Crippen LogP contribution is 2.40. The zero-order valence-corrected chi connectivity index (χ0v) is 18.7. The van der Waals surface area contributed by atoms with Gasteiger partial charge in [0.25, 0.3) is 0 Å². The van der Waals surface area contributed by atoms with Crippen molar-refractivity contribution in [2.45, 2.75) is 76.8 Å². The van der Waals surface area contributed by atoms with Crippen LogP contribution >= 0.6 is 0 Å². The first-order valence-electron chi connectivity index (χ1n) is 12.5. The summed E-state index contributed by atoms with van der Waals surface area (Å²) in [5, 5.41) is 0. The van der Waals surface area contributed by atoms with Gasteiger partial charge in [-0.2, -0.15) is 0 Å². The van der Waals surface area contributed by atoms with E-state index in [1.807, 2.05) is 0 Å². The standard InChI is InChI=1S/C26H41N3/c1-20(2)21-8-10-23(11-9-21)28-16-12-24(13-17-28)29-19-22(18-27-14-5-15-27)25-6-3-4-7-26(25)29/h3-4,6-7,20-24H,5,8-19H2,1-2H3/t21-,22?,23+. The van der Waals surface area contributed by atoms with Crippen LogP contribution in [-0.2, 0) is 0 Å². The molecule has 0 aromatic heterocycles. The molecule has 3 aliphatic heterocycles. The zero-order valence-electron chi connectivity index (χ0n) is 18.7. The molecule has 1 saturated carbocycles. The molecule has 3 nitrogen and oxygen atoms in total. The number of para-hydroxylation sites is 1. The van der Waals surface area contributed by atoms with Crippen LogP contribution in [0.15, 0.2) is 24.3 Å². The number of likely N-dealkylation sites (tertiary alicyclic amines) is 2. The maximum atomic E-state index is 2.85. The zero-order chi connectivity index (χ0) is 19.8. The molecule has 2 saturated heterocycles. The predicted octanol–water partition coefficient (Wildman–Crippen LogP) is 4.98. The lowest BCUT2D eigenvalue weighted by atomic mass is 9.79. The van der Waals surface area contributed by atoms with Crippen molar-refractivity contribution in [3.63, 3.8) is 0 Å². The highest BCUT2D eigenvalue weighted by Gasteiger charge is 2.37. The second-order valence-electron chi connectivity index (χ2n) is 10.6. The van der Waals surface area contributed by atoms with Crippen molar-refractivity contribution in [2.75, 3.05) is 44.2 Å². The van der Waals surface area contributed by atoms with Crippen LogP contribution in [0.25, 0.3) is 0 Å². The molecule has 160 valence electrons. The van der Waals surface area contributed by atoms with Crippen LogP contribution < -0.4 is 4.90 Å². The van der Waals surface area contributed by atoms with Gasteiger partial charge in [-0.1, -0.05) is 32.0 Å². The quantitative estimate of drug-likeness (QED) is 0.696. The summed E-state index contributed by atoms with van der Waals surface area (Å²) in [5.41, 5.74) is 3.17. The second-order valence-corrected chi connectivity index (χ2v) is 10.6. The molecule has 4 aliphatic rings. The highest BCUT2D eigenvalue weighted by molar-refractivity contribution is 5.61. The fraction of sp³-hybridized carbons (Fsp3) is 0.769. The molecule has 1 atom stereocenters. The number of hydrogen-bond acceptors (Lipinski definition) is 3. The van der Waals surface area contributed by atoms with E-state index in [1.54, 1.807) is 11.3 Å². The summed E-state index contributed by atoms with van der Waals surface area (Å²) in [6, 6.07) is 10.9. The number of fused-ring (bicyclic) bond motifs is 1. The third-order valence-corrected chi connectivity index (χ3v) is 8.67. The molecule has 0 radical (unpaired) electrons. The van der Waals surface area contributed by atoms with E-state index in [4.69, 9.17) is 0 Å². The molecular formula is C26H41N3. The van der Waals surface area contributed by atoms with Gasteiger partial charge in [0.15, 0.2) is 0 Å². The summed E-state index contributed by atoms with van der Waals surface area (Å²) in [5.74, 6) is 2.57. The van der Waals surface area contributed by atoms with Crippen LogP contribution in [0, 0.1) is 11.8 Å². The average Bonchev–Trinajstić information content (AvgIpc) is 3.10. The number of rotatable bonds is 5. The molecule has 3 fully saturated rings. The molecule has 1 unspecified atom stereocenters. The molecule has 1 aromatic carbocycles. The van der Waals surface area contributed by atoms with Crippen molar-refractivity contribution in [1.82, 2.24) is 9.80 Å². The number of hydrogen-bond donors (Lipinski definition) is 0. The SMILES string of the molecule is CC(C)[C@H]1CC[C@@H](N2CCC(N3CC(CN4CCC4)c4ccccc43)CC2)CC1. The minimum Gasteiger partial charge on any atom is -0.368 e. The summed E-state index contributed by atoms with van der Waals surface area (Å²) in [4.78, 5) is 8.31. The lowest BCUT2D eigenvalue weighted by Gasteiger charge is -2.44. The van der Waals surface area contributed by atoms with Gasteiger partial charge in [-0.25, -0.2) is 0 Å². The van der Waals surface area contributed by atoms with Crippen LogP contribution in [0.4, 0.5) is 5.69 Å². The Bertz CT molecular complexity index is 666. The van der Waals surface area contributed by atoms with Gasteiger partial charge in [-0.3, -0.25) is 0 Å². The summed E-state index contributed by atoms with van der Waals surface area (Å²) in [6.07, 6.45) is 9.91. The fourth-order valence-corrected chi connectivity index (χ4v) is 6.60. The van der Waals surface area contributed by atoms with Gasteiger partial charge in [-0.15, -0.1) is 0 Å². The molecular weight excluding hydrogens is 354 g/mol. The van der Waals surface area contributed by atoms with E-state index in [1.165, 1.54) is 84.2 Å². The normalized spacial score (nSPS) is 31.8. The highest BCUT2D eigenvalue weighted by atomic mass is 15.2. The van der Waals surface area contributed by atoms with E-state index >= 15 is 0 Å². The lowest BCUT2D eigenvalue weighted by Crippen LogP contribution is -2.49. The van der Waals surface area contributed by atoms with Crippen LogP contribution in [0.3, 0.4) is 0 Å². The first-order valence-corrected chi connectivity index (χ1v) is 12.5. The maximum Gasteiger partial charge on any atom is 0.0405 e. The smallest absolute Gasteiger partial charge is 0.0405 e. The Hall–Kier alpha value is -1.06. The van der Waals surface area contributed by atoms with E-state index in [0.29, 0.717) is 0 Å². The second kappa shape index (κ2) is 8.59. The number of piperidine rings is 1. The van der Waals surface area contributed by atoms with E-state index in [0.717, 1.165) is 29.8 Å². The third-order valence-electron chi connectivity index (χ3n) is 8.67. The van der Waals surface area contributed by atoms with Gasteiger partial charge < -0.3 is 14.7 Å². The molecule has 5 rings (SSSR count). The molecule has 0 spiro atoms. The van der Waals surface area contributed by atoms with E-state index in [9.17, 15) is 0 Å². The van der Waals surface area contributed by atoms with Crippen molar-refractivity contribution >= 4 is 5.69 Å². The number of anilines is 1. The fourth-order valence-electron chi connectivity index (χ4n) is 6.60. The predicted molar refractivity (Wildman–Crippen MR) is 123 cm³/mol. The maximum absolute atomic E-state index is 2.85. The number of benzene rings is 1. The third kappa shape index (κ3) is 4.10. The van der Waals surface area contributed by atoms with E-state index in [-0.39, 0.29) is 0 Å². The van der Waals surface area contributed by atoms with Gasteiger partial charge in [0.2, 0.25) is 0 Å². The first-order chi connectivity index (χ1) is 14.2. The molecule has 1 aliphatic carbocycles. The number of nitrogens with zero attached hydrogens (tertiary/aromatic N) is 3. The largest absolute Gasteiger partial charge is 0.368 e. The molecule has 3 heterocycles. The van der Waals surface area contributed by atoms with Crippen molar-refractivity contribution < 1.29 is 0 Å². The van der Waals surface area contributed by atoms with Gasteiger partial charge in [-0.05, 0) is 81.5 Å². The minimum absolute atomic E-state index is 0.718. The van der Waals surface area contributed by atoms with Crippen LogP contribution in [-0.4, -0.2) is 61.2 Å². The monoisotopic (exact) mass is 395 g/mol. The Morgan fingerprint density at radius 3 is 2.24 bits per heavy atom. The molecule has 1 aromatic rings. The molecule has 0 bridgehead atoms.